The van der Waals surface area contributed by atoms with Crippen LogP contribution >= 0.6 is 34.2 Å². The number of hydrogen-bond donors (Lipinski definition) is 0. The molecule has 0 N–H and O–H groups in total. The van der Waals surface area contributed by atoms with Crippen LogP contribution < -0.4 is 5.01 Å². The fourth-order valence-electron chi connectivity index (χ4n) is 3.10. The van der Waals surface area contributed by atoms with E-state index in [-0.39, 0.29) is 5.97 Å². The standard InChI is InChI=1S/C20H20ClIN2O2/c1-4-26-19(25)17-12-20(3,14-7-5-13(2)6-8-14)24(23-17)18-10-9-15(21)11-16(18)22/h5-11H,4,12H2,1-3H3. The third-order valence-corrected chi connectivity index (χ3v) is 5.62. The zero-order valence-corrected chi connectivity index (χ0v) is 17.8. The average molecular weight is 483 g/mol. The largest absolute Gasteiger partial charge is 0.461 e. The Hall–Kier alpha value is -1.60. The molecule has 1 heterocycles. The molecule has 0 fully saturated rings. The van der Waals surface area contributed by atoms with Gasteiger partial charge in [-0.1, -0.05) is 41.4 Å². The summed E-state index contributed by atoms with van der Waals surface area (Å²) >= 11 is 8.36. The van der Waals surface area contributed by atoms with E-state index < -0.39 is 5.54 Å². The lowest BCUT2D eigenvalue weighted by Crippen LogP contribution is -2.37. The van der Waals surface area contributed by atoms with E-state index in [1.54, 1.807) is 6.92 Å². The number of benzene rings is 2. The van der Waals surface area contributed by atoms with Crippen molar-refractivity contribution < 1.29 is 9.53 Å². The van der Waals surface area contributed by atoms with Crippen molar-refractivity contribution in [1.29, 1.82) is 0 Å². The summed E-state index contributed by atoms with van der Waals surface area (Å²) in [7, 11) is 0. The van der Waals surface area contributed by atoms with Gasteiger partial charge >= 0.3 is 5.97 Å². The third-order valence-electron chi connectivity index (χ3n) is 4.52. The Morgan fingerprint density at radius 2 is 2.00 bits per heavy atom. The quantitative estimate of drug-likeness (QED) is 0.439. The lowest BCUT2D eigenvalue weighted by molar-refractivity contribution is -0.135. The summed E-state index contributed by atoms with van der Waals surface area (Å²) in [6.07, 6.45) is 0.480. The van der Waals surface area contributed by atoms with E-state index in [2.05, 4.69) is 65.8 Å². The predicted octanol–water partition coefficient (Wildman–Crippen LogP) is 5.30. The van der Waals surface area contributed by atoms with Crippen LogP contribution in [0, 0.1) is 10.5 Å². The normalized spacial score (nSPS) is 19.4. The minimum Gasteiger partial charge on any atom is -0.461 e. The molecule has 1 aliphatic rings. The lowest BCUT2D eigenvalue weighted by atomic mass is 9.86. The van der Waals surface area contributed by atoms with Gasteiger partial charge in [0.15, 0.2) is 0 Å². The molecule has 136 valence electrons. The molecule has 0 saturated heterocycles. The van der Waals surface area contributed by atoms with Crippen LogP contribution in [-0.2, 0) is 15.1 Å². The first-order valence-corrected chi connectivity index (χ1v) is 9.88. The molecule has 26 heavy (non-hydrogen) atoms. The van der Waals surface area contributed by atoms with Gasteiger partial charge in [-0.15, -0.1) is 0 Å². The highest BCUT2D eigenvalue weighted by molar-refractivity contribution is 14.1. The summed E-state index contributed by atoms with van der Waals surface area (Å²) in [5.41, 5.74) is 3.15. The molecule has 0 spiro atoms. The third kappa shape index (κ3) is 3.60. The first-order valence-electron chi connectivity index (χ1n) is 8.42. The van der Waals surface area contributed by atoms with Crippen LogP contribution in [0.25, 0.3) is 0 Å². The number of anilines is 1. The Labute approximate surface area is 172 Å². The minimum absolute atomic E-state index is 0.331. The van der Waals surface area contributed by atoms with Crippen molar-refractivity contribution in [2.75, 3.05) is 11.6 Å². The van der Waals surface area contributed by atoms with Crippen LogP contribution in [0.4, 0.5) is 5.69 Å². The van der Waals surface area contributed by atoms with Crippen molar-refractivity contribution in [3.05, 3.63) is 62.2 Å². The maximum atomic E-state index is 12.3. The molecule has 4 nitrogen and oxygen atoms in total. The van der Waals surface area contributed by atoms with Gasteiger partial charge in [0.2, 0.25) is 0 Å². The molecule has 1 unspecified atom stereocenters. The topological polar surface area (TPSA) is 41.9 Å². The molecule has 1 aliphatic heterocycles. The maximum absolute atomic E-state index is 12.3. The molecule has 0 aliphatic carbocycles. The van der Waals surface area contributed by atoms with E-state index in [0.717, 1.165) is 14.8 Å². The SMILES string of the molecule is CCOC(=O)C1=NN(c2ccc(Cl)cc2I)C(C)(c2ccc(C)cc2)C1. The van der Waals surface area contributed by atoms with E-state index >= 15 is 0 Å². The molecule has 3 rings (SSSR count). The van der Waals surface area contributed by atoms with Crippen LogP contribution in [0.5, 0.6) is 0 Å². The fourth-order valence-corrected chi connectivity index (χ4v) is 4.20. The van der Waals surface area contributed by atoms with Crippen molar-refractivity contribution in [3.8, 4) is 0 Å². The van der Waals surface area contributed by atoms with Crippen molar-refractivity contribution >= 4 is 51.6 Å². The Morgan fingerprint density at radius 3 is 2.62 bits per heavy atom. The van der Waals surface area contributed by atoms with Gasteiger partial charge in [-0.2, -0.15) is 5.10 Å². The summed E-state index contributed by atoms with van der Waals surface area (Å²) in [4.78, 5) is 12.3. The molecule has 2 aromatic carbocycles. The number of aryl methyl sites for hydroxylation is 1. The Balaban J connectivity index is 2.10. The zero-order valence-electron chi connectivity index (χ0n) is 14.9. The highest BCUT2D eigenvalue weighted by Crippen LogP contribution is 2.43. The fraction of sp³-hybridized carbons (Fsp3) is 0.300. The summed E-state index contributed by atoms with van der Waals surface area (Å²) in [6.45, 7) is 6.28. The Bertz CT molecular complexity index is 867. The van der Waals surface area contributed by atoms with Gasteiger partial charge in [-0.25, -0.2) is 4.79 Å². The molecule has 0 saturated carbocycles. The highest BCUT2D eigenvalue weighted by Gasteiger charge is 2.43. The van der Waals surface area contributed by atoms with Crippen molar-refractivity contribution in [2.24, 2.45) is 5.10 Å². The number of hydrogen-bond acceptors (Lipinski definition) is 4. The number of ether oxygens (including phenoxy) is 1. The molecule has 0 radical (unpaired) electrons. The second kappa shape index (κ2) is 7.56. The zero-order chi connectivity index (χ0) is 18.9. The summed E-state index contributed by atoms with van der Waals surface area (Å²) < 4.78 is 6.16. The molecule has 0 aromatic heterocycles. The van der Waals surface area contributed by atoms with Gasteiger partial charge in [-0.3, -0.25) is 5.01 Å². The number of carbonyl (C=O) groups is 1. The first-order chi connectivity index (χ1) is 12.3. The monoisotopic (exact) mass is 482 g/mol. The first kappa shape index (κ1) is 19.2. The van der Waals surface area contributed by atoms with Gasteiger partial charge in [0.1, 0.15) is 5.71 Å². The van der Waals surface area contributed by atoms with Crippen molar-refractivity contribution in [3.63, 3.8) is 0 Å². The second-order valence-electron chi connectivity index (χ2n) is 6.49. The van der Waals surface area contributed by atoms with E-state index in [1.807, 2.05) is 23.2 Å². The molecule has 0 amide bonds. The molecule has 0 bridgehead atoms. The van der Waals surface area contributed by atoms with E-state index in [1.165, 1.54) is 5.56 Å². The Morgan fingerprint density at radius 1 is 1.31 bits per heavy atom. The van der Waals surface area contributed by atoms with E-state index in [4.69, 9.17) is 16.3 Å². The van der Waals surface area contributed by atoms with E-state index in [9.17, 15) is 4.79 Å². The van der Waals surface area contributed by atoms with Crippen LogP contribution in [0.15, 0.2) is 47.6 Å². The number of esters is 1. The van der Waals surface area contributed by atoms with Crippen molar-refractivity contribution in [1.82, 2.24) is 0 Å². The predicted molar refractivity (Wildman–Crippen MR) is 114 cm³/mol. The molecule has 6 heteroatoms. The van der Waals surface area contributed by atoms with Gasteiger partial charge in [0, 0.05) is 15.0 Å². The summed E-state index contributed by atoms with van der Waals surface area (Å²) in [5.74, 6) is -0.364. The molecular weight excluding hydrogens is 463 g/mol. The van der Waals surface area contributed by atoms with Gasteiger partial charge in [0.25, 0.3) is 0 Å². The van der Waals surface area contributed by atoms with Crippen LogP contribution in [0.3, 0.4) is 0 Å². The van der Waals surface area contributed by atoms with Gasteiger partial charge in [-0.05, 0) is 67.1 Å². The number of halogens is 2. The molecular formula is C20H20ClIN2O2. The number of carbonyl (C=O) groups excluding carboxylic acids is 1. The Kier molecular flexibility index (Phi) is 5.58. The smallest absolute Gasteiger partial charge is 0.354 e. The van der Waals surface area contributed by atoms with Crippen molar-refractivity contribution in [2.45, 2.75) is 32.7 Å². The minimum atomic E-state index is -0.483. The van der Waals surface area contributed by atoms with Gasteiger partial charge < -0.3 is 4.74 Å². The van der Waals surface area contributed by atoms with Crippen LogP contribution in [0.2, 0.25) is 5.02 Å². The maximum Gasteiger partial charge on any atom is 0.354 e. The number of rotatable bonds is 4. The summed E-state index contributed by atoms with van der Waals surface area (Å²) in [5, 5.41) is 7.24. The van der Waals surface area contributed by atoms with E-state index in [0.29, 0.717) is 23.8 Å². The van der Waals surface area contributed by atoms with Crippen LogP contribution in [0.1, 0.15) is 31.4 Å². The molecule has 2 aromatic rings. The van der Waals surface area contributed by atoms with Crippen LogP contribution in [-0.4, -0.2) is 18.3 Å². The summed E-state index contributed by atoms with van der Waals surface area (Å²) in [6, 6.07) is 14.0. The molecule has 1 atom stereocenters. The van der Waals surface area contributed by atoms with Gasteiger partial charge in [0.05, 0.1) is 17.8 Å². The second-order valence-corrected chi connectivity index (χ2v) is 8.09. The lowest BCUT2D eigenvalue weighted by Gasteiger charge is -2.35. The average Bonchev–Trinajstić information content (AvgIpc) is 2.94. The highest BCUT2D eigenvalue weighted by atomic mass is 127. The number of nitrogens with zero attached hydrogens (tertiary/aromatic N) is 2. The number of hydrazone groups is 1.